The van der Waals surface area contributed by atoms with Gasteiger partial charge in [-0.2, -0.15) is 5.10 Å². The Kier molecular flexibility index (Phi) is 11.2. The molecule has 3 rings (SSSR count). The topological polar surface area (TPSA) is 141 Å². The van der Waals surface area contributed by atoms with E-state index in [0.29, 0.717) is 22.1 Å². The number of primary amides is 1. The first kappa shape index (κ1) is 30.3. The number of rotatable bonds is 13. The lowest BCUT2D eigenvalue weighted by Crippen LogP contribution is -2.50. The van der Waals surface area contributed by atoms with Gasteiger partial charge in [-0.15, -0.1) is 0 Å². The monoisotopic (exact) mass is 586 g/mol. The first-order chi connectivity index (χ1) is 19.2. The highest BCUT2D eigenvalue weighted by molar-refractivity contribution is 6.35. The van der Waals surface area contributed by atoms with Crippen molar-refractivity contribution < 1.29 is 28.6 Å². The summed E-state index contributed by atoms with van der Waals surface area (Å²) in [4.78, 5) is 37.0. The molecule has 4 N–H and O–H groups in total. The van der Waals surface area contributed by atoms with Crippen LogP contribution < -0.4 is 30.7 Å². The van der Waals surface area contributed by atoms with E-state index in [2.05, 4.69) is 15.8 Å². The summed E-state index contributed by atoms with van der Waals surface area (Å²) in [6.07, 6.45) is 0.645. The van der Waals surface area contributed by atoms with Crippen LogP contribution in [0.5, 0.6) is 17.2 Å². The molecule has 10 nitrogen and oxygen atoms in total. The van der Waals surface area contributed by atoms with Gasteiger partial charge in [0.25, 0.3) is 17.7 Å². The fourth-order valence-electron chi connectivity index (χ4n) is 3.44. The molecule has 0 aliphatic heterocycles. The van der Waals surface area contributed by atoms with E-state index in [1.807, 2.05) is 30.3 Å². The lowest BCUT2D eigenvalue weighted by molar-refractivity contribution is -0.132. The van der Waals surface area contributed by atoms with Crippen LogP contribution in [0.4, 0.5) is 0 Å². The van der Waals surface area contributed by atoms with E-state index < -0.39 is 29.9 Å². The Balaban J connectivity index is 1.69. The molecule has 0 bridgehead atoms. The van der Waals surface area contributed by atoms with Crippen LogP contribution in [0.3, 0.4) is 0 Å². The smallest absolute Gasteiger partial charge is 0.262 e. The number of carbonyl (C=O) groups excluding carboxylic acids is 3. The van der Waals surface area contributed by atoms with Crippen molar-refractivity contribution in [2.75, 3.05) is 13.7 Å². The van der Waals surface area contributed by atoms with Gasteiger partial charge in [0.05, 0.1) is 18.3 Å². The van der Waals surface area contributed by atoms with Crippen molar-refractivity contribution in [3.63, 3.8) is 0 Å². The number of benzene rings is 3. The minimum Gasteiger partial charge on any atom is -0.493 e. The average Bonchev–Trinajstić information content (AvgIpc) is 2.93. The highest BCUT2D eigenvalue weighted by Crippen LogP contribution is 2.29. The van der Waals surface area contributed by atoms with Crippen LogP contribution in [-0.4, -0.2) is 49.8 Å². The molecule has 0 aliphatic rings. The molecule has 210 valence electrons. The largest absolute Gasteiger partial charge is 0.493 e. The first-order valence-electron chi connectivity index (χ1n) is 12.0. The van der Waals surface area contributed by atoms with Gasteiger partial charge in [0.15, 0.2) is 24.2 Å². The lowest BCUT2D eigenvalue weighted by atomic mass is 10.1. The molecule has 0 saturated carbocycles. The summed E-state index contributed by atoms with van der Waals surface area (Å²) < 4.78 is 16.3. The van der Waals surface area contributed by atoms with Crippen molar-refractivity contribution in [1.82, 2.24) is 10.7 Å². The van der Waals surface area contributed by atoms with Crippen molar-refractivity contribution in [1.29, 1.82) is 0 Å². The fraction of sp³-hybridized carbons (Fsp3) is 0.214. The van der Waals surface area contributed by atoms with E-state index in [-0.39, 0.29) is 23.8 Å². The Morgan fingerprint density at radius 2 is 1.70 bits per heavy atom. The molecule has 2 atom stereocenters. The molecule has 3 aromatic carbocycles. The van der Waals surface area contributed by atoms with E-state index in [1.165, 1.54) is 19.4 Å². The molecule has 0 spiro atoms. The summed E-state index contributed by atoms with van der Waals surface area (Å²) in [5.41, 5.74) is 8.98. The van der Waals surface area contributed by atoms with Gasteiger partial charge in [0.2, 0.25) is 0 Å². The quantitative estimate of drug-likeness (QED) is 0.207. The lowest BCUT2D eigenvalue weighted by Gasteiger charge is -2.21. The van der Waals surface area contributed by atoms with Gasteiger partial charge in [0.1, 0.15) is 11.8 Å². The second-order valence-electron chi connectivity index (χ2n) is 8.49. The third-order valence-electron chi connectivity index (χ3n) is 5.43. The molecule has 0 aliphatic carbocycles. The number of hydrazone groups is 1. The Morgan fingerprint density at radius 1 is 0.975 bits per heavy atom. The fourth-order valence-corrected chi connectivity index (χ4v) is 3.90. The highest BCUT2D eigenvalue weighted by atomic mass is 35.5. The zero-order valence-corrected chi connectivity index (χ0v) is 23.2. The molecule has 0 radical (unpaired) electrons. The standard InChI is InChI=1S/C28H28Cl2N4O6/c1-17(40-23-11-9-20(29)14-21(23)30)27(36)33-22(12-18-6-4-3-5-7-18)28(37)34-32-15-19-8-10-24(25(13-19)38-2)39-16-26(31)35/h3-11,13-15,17,22H,12,16H2,1-2H3,(H2,31,35)(H,33,36)(H,34,37)/b32-15-/t17-,22-/m1/s1. The number of halogens is 2. The average molecular weight is 587 g/mol. The molecule has 12 heteroatoms. The number of ether oxygens (including phenoxy) is 3. The number of carbonyl (C=O) groups is 3. The van der Waals surface area contributed by atoms with Crippen molar-refractivity contribution >= 4 is 47.1 Å². The summed E-state index contributed by atoms with van der Waals surface area (Å²) in [6, 6.07) is 17.7. The number of hydrogen-bond acceptors (Lipinski definition) is 7. The van der Waals surface area contributed by atoms with Gasteiger partial charge in [-0.1, -0.05) is 53.5 Å². The summed E-state index contributed by atoms with van der Waals surface area (Å²) in [5.74, 6) is -0.739. The molecule has 40 heavy (non-hydrogen) atoms. The van der Waals surface area contributed by atoms with Crippen LogP contribution >= 0.6 is 23.2 Å². The van der Waals surface area contributed by atoms with E-state index in [4.69, 9.17) is 43.1 Å². The van der Waals surface area contributed by atoms with Crippen molar-refractivity contribution in [3.8, 4) is 17.2 Å². The SMILES string of the molecule is COc1cc(/C=N\NC(=O)[C@@H](Cc2ccccc2)NC(=O)[C@@H](C)Oc2ccc(Cl)cc2Cl)ccc1OCC(N)=O. The van der Waals surface area contributed by atoms with Crippen molar-refractivity contribution in [2.24, 2.45) is 10.8 Å². The third kappa shape index (κ3) is 9.18. The molecule has 0 heterocycles. The van der Waals surface area contributed by atoms with Gasteiger partial charge < -0.3 is 25.3 Å². The van der Waals surface area contributed by atoms with Crippen LogP contribution in [0.15, 0.2) is 71.8 Å². The van der Waals surface area contributed by atoms with E-state index in [0.717, 1.165) is 5.56 Å². The molecule has 0 unspecified atom stereocenters. The minimum absolute atomic E-state index is 0.210. The molecule has 0 saturated heterocycles. The van der Waals surface area contributed by atoms with Gasteiger partial charge in [-0.05, 0) is 54.4 Å². The highest BCUT2D eigenvalue weighted by Gasteiger charge is 2.25. The Morgan fingerprint density at radius 3 is 2.38 bits per heavy atom. The maximum atomic E-state index is 13.1. The van der Waals surface area contributed by atoms with Crippen LogP contribution in [0.2, 0.25) is 10.0 Å². The van der Waals surface area contributed by atoms with Crippen LogP contribution in [0.25, 0.3) is 0 Å². The first-order valence-corrected chi connectivity index (χ1v) is 12.8. The maximum Gasteiger partial charge on any atom is 0.262 e. The number of hydrogen-bond donors (Lipinski definition) is 3. The number of amides is 3. The molecule has 0 fully saturated rings. The molecule has 3 aromatic rings. The van der Waals surface area contributed by atoms with Gasteiger partial charge in [-0.25, -0.2) is 5.43 Å². The minimum atomic E-state index is -0.962. The second-order valence-corrected chi connectivity index (χ2v) is 9.33. The third-order valence-corrected chi connectivity index (χ3v) is 5.96. The number of nitrogens with one attached hydrogen (secondary N) is 2. The maximum absolute atomic E-state index is 13.1. The zero-order chi connectivity index (χ0) is 29.1. The number of methoxy groups -OCH3 is 1. The number of nitrogens with two attached hydrogens (primary N) is 1. The Hall–Kier alpha value is -4.28. The van der Waals surface area contributed by atoms with Crippen molar-refractivity contribution in [3.05, 3.63) is 87.9 Å². The van der Waals surface area contributed by atoms with Gasteiger partial charge in [0, 0.05) is 11.4 Å². The molecular weight excluding hydrogens is 559 g/mol. The normalized spacial score (nSPS) is 12.3. The summed E-state index contributed by atoms with van der Waals surface area (Å²) >= 11 is 12.1. The summed E-state index contributed by atoms with van der Waals surface area (Å²) in [7, 11) is 1.44. The van der Waals surface area contributed by atoms with E-state index in [1.54, 1.807) is 37.3 Å². The van der Waals surface area contributed by atoms with Crippen LogP contribution in [0.1, 0.15) is 18.1 Å². The van der Waals surface area contributed by atoms with Crippen molar-refractivity contribution in [2.45, 2.75) is 25.5 Å². The van der Waals surface area contributed by atoms with Crippen LogP contribution in [-0.2, 0) is 20.8 Å². The number of nitrogens with zero attached hydrogens (tertiary/aromatic N) is 1. The predicted octanol–water partition coefficient (Wildman–Crippen LogP) is 3.51. The van der Waals surface area contributed by atoms with Gasteiger partial charge >= 0.3 is 0 Å². The zero-order valence-electron chi connectivity index (χ0n) is 21.7. The van der Waals surface area contributed by atoms with Gasteiger partial charge in [-0.3, -0.25) is 14.4 Å². The molecule has 3 amide bonds. The van der Waals surface area contributed by atoms with E-state index >= 15 is 0 Å². The summed E-state index contributed by atoms with van der Waals surface area (Å²) in [5, 5.41) is 7.42. The summed E-state index contributed by atoms with van der Waals surface area (Å²) in [6.45, 7) is 1.24. The van der Waals surface area contributed by atoms with Crippen LogP contribution in [0, 0.1) is 0 Å². The Labute approximate surface area is 241 Å². The Bertz CT molecular complexity index is 1370. The van der Waals surface area contributed by atoms with E-state index in [9.17, 15) is 14.4 Å². The molecular formula is C28H28Cl2N4O6. The second kappa shape index (κ2) is 14.8. The predicted molar refractivity (Wildman–Crippen MR) is 152 cm³/mol. The molecule has 0 aromatic heterocycles.